The van der Waals surface area contributed by atoms with E-state index >= 15 is 0 Å². The van der Waals surface area contributed by atoms with Crippen molar-refractivity contribution in [1.82, 2.24) is 0 Å². The van der Waals surface area contributed by atoms with Gasteiger partial charge in [-0.05, 0) is 31.6 Å². The zero-order valence-electron chi connectivity index (χ0n) is 27.6. The molecule has 11 N–H and O–H groups in total. The highest BCUT2D eigenvalue weighted by molar-refractivity contribution is 5.92. The predicted octanol–water partition coefficient (Wildman–Crippen LogP) is -4.93. The molecule has 2 unspecified atom stereocenters. The lowest BCUT2D eigenvalue weighted by atomic mass is 9.64. The molecule has 3 aliphatic heterocycles. The van der Waals surface area contributed by atoms with E-state index < -0.39 is 129 Å². The molecule has 0 radical (unpaired) electrons. The summed E-state index contributed by atoms with van der Waals surface area (Å²) in [5, 5.41) is 115. The fourth-order valence-electron chi connectivity index (χ4n) is 6.52. The minimum absolute atomic E-state index is 0.0637. The van der Waals surface area contributed by atoms with E-state index in [4.69, 9.17) is 28.4 Å². The average molecular weight is 711 g/mol. The predicted molar refractivity (Wildman–Crippen MR) is 161 cm³/mol. The van der Waals surface area contributed by atoms with Gasteiger partial charge in [0.15, 0.2) is 24.7 Å². The van der Waals surface area contributed by atoms with Crippen molar-refractivity contribution >= 4 is 5.78 Å². The van der Waals surface area contributed by atoms with Gasteiger partial charge in [0.1, 0.15) is 78.8 Å². The molecule has 18 heteroatoms. The lowest BCUT2D eigenvalue weighted by molar-refractivity contribution is -0.393. The Morgan fingerprint density at radius 2 is 1.20 bits per heavy atom. The van der Waals surface area contributed by atoms with E-state index in [0.29, 0.717) is 5.57 Å². The van der Waals surface area contributed by atoms with Gasteiger partial charge in [0.2, 0.25) is 0 Å². The fraction of sp³-hybridized carbons (Fsp3) is 0.839. The molecule has 4 rings (SSSR count). The number of carbonyl (C=O) groups is 1. The van der Waals surface area contributed by atoms with Gasteiger partial charge in [0.05, 0.1) is 25.9 Å². The molecule has 0 spiro atoms. The quantitative estimate of drug-likeness (QED) is 0.0896. The summed E-state index contributed by atoms with van der Waals surface area (Å²) < 4.78 is 34.7. The Morgan fingerprint density at radius 1 is 0.755 bits per heavy atom. The third-order valence-electron chi connectivity index (χ3n) is 9.66. The van der Waals surface area contributed by atoms with Crippen molar-refractivity contribution in [3.63, 3.8) is 0 Å². The number of hydrogen-bond donors (Lipinski definition) is 11. The van der Waals surface area contributed by atoms with Crippen molar-refractivity contribution in [2.24, 2.45) is 5.41 Å². The Morgan fingerprint density at radius 3 is 1.67 bits per heavy atom. The van der Waals surface area contributed by atoms with E-state index in [0.717, 1.165) is 0 Å². The first-order valence-corrected chi connectivity index (χ1v) is 16.1. The minimum atomic E-state index is -1.93. The van der Waals surface area contributed by atoms with Gasteiger partial charge >= 0.3 is 0 Å². The maximum atomic E-state index is 12.2. The number of carbonyl (C=O) groups excluding carboxylic acids is 1. The topological polar surface area (TPSA) is 295 Å². The Kier molecular flexibility index (Phi) is 13.1. The van der Waals surface area contributed by atoms with Crippen molar-refractivity contribution in [1.29, 1.82) is 0 Å². The largest absolute Gasteiger partial charge is 0.394 e. The monoisotopic (exact) mass is 710 g/mol. The van der Waals surface area contributed by atoms with Crippen LogP contribution in [0.2, 0.25) is 0 Å². The fourth-order valence-corrected chi connectivity index (χ4v) is 6.52. The van der Waals surface area contributed by atoms with Crippen molar-refractivity contribution < 1.29 is 89.4 Å². The van der Waals surface area contributed by atoms with Crippen LogP contribution in [0.25, 0.3) is 0 Å². The highest BCUT2D eigenvalue weighted by Crippen LogP contribution is 2.44. The van der Waals surface area contributed by atoms with Gasteiger partial charge in [-0.3, -0.25) is 4.79 Å². The Labute approximate surface area is 282 Å². The van der Waals surface area contributed by atoms with Crippen LogP contribution in [0.15, 0.2) is 23.8 Å². The molecule has 0 amide bonds. The molecule has 3 heterocycles. The number of hydrogen-bond acceptors (Lipinski definition) is 18. The van der Waals surface area contributed by atoms with Crippen LogP contribution in [0.5, 0.6) is 0 Å². The molecule has 1 aliphatic carbocycles. The number of ketones is 1. The van der Waals surface area contributed by atoms with Gasteiger partial charge < -0.3 is 84.6 Å². The molecule has 17 atom stereocenters. The van der Waals surface area contributed by atoms with Gasteiger partial charge in [0, 0.05) is 11.8 Å². The van der Waals surface area contributed by atoms with Crippen molar-refractivity contribution in [2.75, 3.05) is 19.8 Å². The molecule has 0 aromatic heterocycles. The molecule has 0 saturated carbocycles. The summed E-state index contributed by atoms with van der Waals surface area (Å²) in [4.78, 5) is 12.2. The van der Waals surface area contributed by atoms with Crippen LogP contribution in [0.4, 0.5) is 0 Å². The third-order valence-corrected chi connectivity index (χ3v) is 9.66. The van der Waals surface area contributed by atoms with Gasteiger partial charge in [0.25, 0.3) is 0 Å². The molecule has 18 nitrogen and oxygen atoms in total. The van der Waals surface area contributed by atoms with Gasteiger partial charge in [-0.1, -0.05) is 19.9 Å². The lowest BCUT2D eigenvalue weighted by Gasteiger charge is -2.49. The Balaban J connectivity index is 1.67. The number of rotatable bonds is 11. The van der Waals surface area contributed by atoms with E-state index in [9.17, 15) is 61.0 Å². The van der Waals surface area contributed by atoms with Crippen LogP contribution in [0.1, 0.15) is 34.1 Å². The summed E-state index contributed by atoms with van der Waals surface area (Å²) in [7, 11) is 0. The molecule has 282 valence electrons. The molecule has 4 aliphatic rings. The van der Waals surface area contributed by atoms with E-state index in [1.807, 2.05) is 0 Å². The molecular formula is C31H50O18. The van der Waals surface area contributed by atoms with E-state index in [1.165, 1.54) is 18.2 Å². The number of aliphatic hydroxyl groups is 11. The molecule has 3 saturated heterocycles. The van der Waals surface area contributed by atoms with Crippen LogP contribution in [-0.2, 0) is 33.2 Å². The van der Waals surface area contributed by atoms with E-state index in [-0.39, 0.29) is 12.2 Å². The van der Waals surface area contributed by atoms with Crippen LogP contribution in [-0.4, -0.2) is 186 Å². The first-order chi connectivity index (χ1) is 22.9. The number of ether oxygens (including phenoxy) is 6. The smallest absolute Gasteiger partial charge is 0.187 e. The Bertz CT molecular complexity index is 1180. The maximum absolute atomic E-state index is 12.2. The van der Waals surface area contributed by atoms with E-state index in [1.54, 1.807) is 27.7 Å². The van der Waals surface area contributed by atoms with Crippen LogP contribution < -0.4 is 0 Å². The highest BCUT2D eigenvalue weighted by atomic mass is 16.8. The molecule has 0 aromatic carbocycles. The second-order valence-electron chi connectivity index (χ2n) is 13.6. The molecule has 0 aromatic rings. The average Bonchev–Trinajstić information content (AvgIpc) is 3.05. The third kappa shape index (κ3) is 8.11. The summed E-state index contributed by atoms with van der Waals surface area (Å²) in [6.45, 7) is 4.19. The Hall–Kier alpha value is -1.53. The molecule has 49 heavy (non-hydrogen) atoms. The van der Waals surface area contributed by atoms with Gasteiger partial charge in [-0.15, -0.1) is 0 Å². The summed E-state index contributed by atoms with van der Waals surface area (Å²) >= 11 is 0. The second kappa shape index (κ2) is 16.0. The molecule has 0 bridgehead atoms. The van der Waals surface area contributed by atoms with Crippen LogP contribution >= 0.6 is 0 Å². The van der Waals surface area contributed by atoms with E-state index in [2.05, 4.69) is 0 Å². The van der Waals surface area contributed by atoms with Crippen molar-refractivity contribution in [3.8, 4) is 0 Å². The molecular weight excluding hydrogens is 660 g/mol. The normalized spacial score (nSPS) is 46.9. The lowest BCUT2D eigenvalue weighted by Crippen LogP contribution is -2.67. The molecule has 3 fully saturated rings. The summed E-state index contributed by atoms with van der Waals surface area (Å²) in [6.07, 6.45) is -22.5. The zero-order valence-corrected chi connectivity index (χ0v) is 27.6. The number of aliphatic hydroxyl groups excluding tert-OH is 10. The minimum Gasteiger partial charge on any atom is -0.394 e. The summed E-state index contributed by atoms with van der Waals surface area (Å²) in [5.74, 6) is -0.146. The summed E-state index contributed by atoms with van der Waals surface area (Å²) in [5.41, 5.74) is -2.06. The second-order valence-corrected chi connectivity index (χ2v) is 13.6. The SMILES string of the molecule is CC1=CC(=O)CC(C)(C)C1(O)/C=C/C(C)O[C@@H]1O[C@H](CO)[C@@H](O)[C@H](O[C@@H]2O[C@H](CO)[C@@H](O)[C@H](O)[C@H]2O)[C@H]1O[C@@H]1O[C@H](CO)[C@@H](O)[C@H](O)[C@H]1O. The highest BCUT2D eigenvalue weighted by Gasteiger charge is 2.55. The van der Waals surface area contributed by atoms with Crippen molar-refractivity contribution in [3.05, 3.63) is 23.8 Å². The van der Waals surface area contributed by atoms with Crippen LogP contribution in [0, 0.1) is 5.41 Å². The first kappa shape index (κ1) is 40.2. The van der Waals surface area contributed by atoms with Gasteiger partial charge in [-0.2, -0.15) is 0 Å². The number of allylic oxidation sites excluding steroid dienone is 1. The summed E-state index contributed by atoms with van der Waals surface area (Å²) in [6, 6.07) is 0. The zero-order chi connectivity index (χ0) is 36.6. The van der Waals surface area contributed by atoms with Crippen molar-refractivity contribution in [2.45, 2.75) is 138 Å². The van der Waals surface area contributed by atoms with Gasteiger partial charge in [-0.25, -0.2) is 0 Å². The first-order valence-electron chi connectivity index (χ1n) is 16.1. The maximum Gasteiger partial charge on any atom is 0.187 e. The standard InChI is InChI=1S/C31H50O18/c1-12-7-14(35)8-30(3,4)31(12,43)6-5-13(2)44-29-26(49-28-24(42)22(40)19(37)16(10-33)46-28)25(20(38)17(11-34)47-29)48-27-23(41)21(39)18(36)15(9-32)45-27/h5-7,13,15-29,32-34,36-43H,8-11H2,1-4H3/b6-5+/t13?,15-,16-,17-,18-,19-,20-,21+,22+,23-,24-,25+,26-,27+,28+,29-,31?/m1/s1. The van der Waals surface area contributed by atoms with Crippen LogP contribution in [0.3, 0.4) is 0 Å².